The van der Waals surface area contributed by atoms with E-state index in [1.807, 2.05) is 19.9 Å². The first-order valence-electron chi connectivity index (χ1n) is 7.84. The van der Waals surface area contributed by atoms with E-state index < -0.39 is 5.54 Å². The van der Waals surface area contributed by atoms with Crippen LogP contribution in [-0.4, -0.2) is 39.7 Å². The topological polar surface area (TPSA) is 116 Å². The highest BCUT2D eigenvalue weighted by Gasteiger charge is 2.36. The smallest absolute Gasteiger partial charge is 0.291 e. The van der Waals surface area contributed by atoms with Crippen molar-refractivity contribution in [2.24, 2.45) is 10.7 Å². The minimum absolute atomic E-state index is 0.101. The molecule has 2 amide bonds. The Labute approximate surface area is 145 Å². The first-order valence-corrected chi connectivity index (χ1v) is 7.84. The molecular weight excluding hydrogens is 320 g/mol. The molecule has 0 fully saturated rings. The Bertz CT molecular complexity index is 872. The molecule has 0 aliphatic carbocycles. The van der Waals surface area contributed by atoms with E-state index in [2.05, 4.69) is 20.3 Å². The van der Waals surface area contributed by atoms with Gasteiger partial charge in [0.15, 0.2) is 11.8 Å². The quantitative estimate of drug-likeness (QED) is 0.782. The van der Waals surface area contributed by atoms with Crippen molar-refractivity contribution in [1.82, 2.24) is 14.9 Å². The van der Waals surface area contributed by atoms with Crippen LogP contribution in [0.25, 0.3) is 0 Å². The Balaban J connectivity index is 1.87. The lowest BCUT2D eigenvalue weighted by molar-refractivity contribution is -0.128. The van der Waals surface area contributed by atoms with Crippen LogP contribution < -0.4 is 11.1 Å². The molecule has 1 aromatic heterocycles. The molecule has 2 heterocycles. The molecule has 1 aromatic carbocycles. The molecular formula is C17H20N6O2. The summed E-state index contributed by atoms with van der Waals surface area (Å²) in [6.45, 7) is 3.67. The third-order valence-electron chi connectivity index (χ3n) is 4.23. The summed E-state index contributed by atoms with van der Waals surface area (Å²) in [5.41, 5.74) is 7.28. The highest BCUT2D eigenvalue weighted by Crippen LogP contribution is 2.34. The van der Waals surface area contributed by atoms with Crippen LogP contribution in [0.5, 0.6) is 0 Å². The van der Waals surface area contributed by atoms with Crippen LogP contribution in [-0.2, 0) is 10.3 Å². The van der Waals surface area contributed by atoms with E-state index in [0.717, 1.165) is 11.3 Å². The molecule has 0 saturated carbocycles. The zero-order valence-electron chi connectivity index (χ0n) is 14.3. The number of aromatic amines is 1. The molecule has 2 aromatic rings. The van der Waals surface area contributed by atoms with Crippen molar-refractivity contribution >= 4 is 23.5 Å². The first kappa shape index (κ1) is 16.7. The number of carbonyl (C=O) groups excluding carboxylic acids is 2. The van der Waals surface area contributed by atoms with E-state index in [-0.39, 0.29) is 30.0 Å². The Hall–Kier alpha value is -3.16. The van der Waals surface area contributed by atoms with Gasteiger partial charge in [0.25, 0.3) is 5.91 Å². The van der Waals surface area contributed by atoms with Gasteiger partial charge in [-0.3, -0.25) is 14.5 Å². The van der Waals surface area contributed by atoms with Crippen molar-refractivity contribution < 1.29 is 9.59 Å². The van der Waals surface area contributed by atoms with Crippen molar-refractivity contribution in [2.45, 2.75) is 25.8 Å². The maximum absolute atomic E-state index is 12.2. The number of amides is 2. The summed E-state index contributed by atoms with van der Waals surface area (Å²) in [6.07, 6.45) is 1.80. The first-order chi connectivity index (χ1) is 11.8. The zero-order chi connectivity index (χ0) is 18.2. The molecule has 0 bridgehead atoms. The fourth-order valence-corrected chi connectivity index (χ4v) is 2.73. The number of aromatic nitrogens is 2. The van der Waals surface area contributed by atoms with Crippen molar-refractivity contribution in [3.63, 3.8) is 0 Å². The SMILES string of the molecule is Cc1cnc(C(=O)Nc2cccc(C3(C)CC(=O)N(C)C(N)=N3)c2)[nH]1. The maximum Gasteiger partial charge on any atom is 0.291 e. The number of imidazole rings is 1. The average molecular weight is 340 g/mol. The van der Waals surface area contributed by atoms with Crippen LogP contribution in [0.4, 0.5) is 5.69 Å². The fourth-order valence-electron chi connectivity index (χ4n) is 2.73. The molecule has 0 saturated heterocycles. The lowest BCUT2D eigenvalue weighted by atomic mass is 9.87. The van der Waals surface area contributed by atoms with Crippen LogP contribution in [0.15, 0.2) is 35.5 Å². The number of nitrogens with one attached hydrogen (secondary N) is 2. The molecule has 1 atom stereocenters. The lowest BCUT2D eigenvalue weighted by Crippen LogP contribution is -2.47. The van der Waals surface area contributed by atoms with Crippen LogP contribution in [0, 0.1) is 6.92 Å². The number of carbonyl (C=O) groups is 2. The molecule has 4 N–H and O–H groups in total. The van der Waals surface area contributed by atoms with E-state index in [1.54, 1.807) is 31.4 Å². The van der Waals surface area contributed by atoms with E-state index in [9.17, 15) is 9.59 Å². The largest absolute Gasteiger partial charge is 0.369 e. The third kappa shape index (κ3) is 3.23. The van der Waals surface area contributed by atoms with Crippen LogP contribution in [0.3, 0.4) is 0 Å². The summed E-state index contributed by atoms with van der Waals surface area (Å²) in [6, 6.07) is 7.23. The van der Waals surface area contributed by atoms with Crippen LogP contribution in [0.2, 0.25) is 0 Å². The van der Waals surface area contributed by atoms with Crippen LogP contribution >= 0.6 is 0 Å². The fraction of sp³-hybridized carbons (Fsp3) is 0.294. The lowest BCUT2D eigenvalue weighted by Gasteiger charge is -2.33. The predicted octanol–water partition coefficient (Wildman–Crippen LogP) is 1.36. The maximum atomic E-state index is 12.2. The van der Waals surface area contributed by atoms with Gasteiger partial charge in [0.1, 0.15) is 0 Å². The van der Waals surface area contributed by atoms with E-state index in [1.165, 1.54) is 4.90 Å². The minimum Gasteiger partial charge on any atom is -0.369 e. The molecule has 8 heteroatoms. The average Bonchev–Trinajstić information content (AvgIpc) is 2.99. The van der Waals surface area contributed by atoms with Crippen LogP contribution in [0.1, 0.15) is 35.2 Å². The van der Waals surface area contributed by atoms with Gasteiger partial charge in [-0.15, -0.1) is 0 Å². The van der Waals surface area contributed by atoms with Gasteiger partial charge < -0.3 is 16.0 Å². The molecule has 3 rings (SSSR count). The number of guanidine groups is 1. The van der Waals surface area contributed by atoms with Gasteiger partial charge in [-0.1, -0.05) is 12.1 Å². The molecule has 1 aliphatic rings. The second kappa shape index (κ2) is 6.04. The van der Waals surface area contributed by atoms with Crippen molar-refractivity contribution in [3.05, 3.63) is 47.5 Å². The number of benzene rings is 1. The molecule has 0 spiro atoms. The predicted molar refractivity (Wildman–Crippen MR) is 94.1 cm³/mol. The van der Waals surface area contributed by atoms with Gasteiger partial charge in [-0.2, -0.15) is 0 Å². The number of nitrogens with two attached hydrogens (primary N) is 1. The zero-order valence-corrected chi connectivity index (χ0v) is 14.3. The van der Waals surface area contributed by atoms with Gasteiger partial charge in [0, 0.05) is 24.6 Å². The van der Waals surface area contributed by atoms with Crippen molar-refractivity contribution in [2.75, 3.05) is 12.4 Å². The Morgan fingerprint density at radius 1 is 1.44 bits per heavy atom. The number of H-pyrrole nitrogens is 1. The summed E-state index contributed by atoms with van der Waals surface area (Å²) in [4.78, 5) is 37.1. The summed E-state index contributed by atoms with van der Waals surface area (Å²) in [5, 5.41) is 2.79. The van der Waals surface area contributed by atoms with E-state index in [4.69, 9.17) is 5.73 Å². The molecule has 1 aliphatic heterocycles. The second-order valence-electron chi connectivity index (χ2n) is 6.32. The summed E-state index contributed by atoms with van der Waals surface area (Å²) in [7, 11) is 1.60. The number of nitrogens with zero attached hydrogens (tertiary/aromatic N) is 3. The molecule has 25 heavy (non-hydrogen) atoms. The van der Waals surface area contributed by atoms with Gasteiger partial charge in [0.2, 0.25) is 5.91 Å². The molecule has 130 valence electrons. The van der Waals surface area contributed by atoms with Crippen molar-refractivity contribution in [1.29, 1.82) is 0 Å². The molecule has 0 radical (unpaired) electrons. The van der Waals surface area contributed by atoms with Gasteiger partial charge in [0.05, 0.1) is 12.0 Å². The number of anilines is 1. The van der Waals surface area contributed by atoms with E-state index >= 15 is 0 Å². The number of aliphatic imine (C=N–C) groups is 1. The van der Waals surface area contributed by atoms with Gasteiger partial charge >= 0.3 is 0 Å². The minimum atomic E-state index is -0.768. The number of rotatable bonds is 3. The Kier molecular flexibility index (Phi) is 4.03. The number of aryl methyl sites for hydroxylation is 1. The highest BCUT2D eigenvalue weighted by molar-refractivity contribution is 6.02. The molecule has 1 unspecified atom stereocenters. The van der Waals surface area contributed by atoms with Crippen molar-refractivity contribution in [3.8, 4) is 0 Å². The third-order valence-corrected chi connectivity index (χ3v) is 4.23. The van der Waals surface area contributed by atoms with E-state index in [0.29, 0.717) is 5.69 Å². The summed E-state index contributed by atoms with van der Waals surface area (Å²) >= 11 is 0. The summed E-state index contributed by atoms with van der Waals surface area (Å²) in [5.74, 6) is -0.0153. The normalized spacial score (nSPS) is 20.4. The summed E-state index contributed by atoms with van der Waals surface area (Å²) < 4.78 is 0. The Morgan fingerprint density at radius 3 is 2.84 bits per heavy atom. The molecule has 8 nitrogen and oxygen atoms in total. The Morgan fingerprint density at radius 2 is 2.20 bits per heavy atom. The van der Waals surface area contributed by atoms with Gasteiger partial charge in [-0.05, 0) is 31.5 Å². The van der Waals surface area contributed by atoms with Gasteiger partial charge in [-0.25, -0.2) is 9.98 Å². The number of hydrogen-bond acceptors (Lipinski definition) is 5. The number of hydrogen-bond donors (Lipinski definition) is 3. The highest BCUT2D eigenvalue weighted by atomic mass is 16.2. The standard InChI is InChI=1S/C17H20N6O2/c1-10-9-19-14(20-10)15(25)21-12-6-4-5-11(7-12)17(2)8-13(24)23(3)16(18)22-17/h4-7,9H,8H2,1-3H3,(H2,18,22)(H,19,20)(H,21,25). The second-order valence-corrected chi connectivity index (χ2v) is 6.32. The monoisotopic (exact) mass is 340 g/mol.